The molecule has 4 aromatic rings. The predicted molar refractivity (Wildman–Crippen MR) is 122 cm³/mol. The average Bonchev–Trinajstić information content (AvgIpc) is 3.40. The molecule has 7 nitrogen and oxygen atoms in total. The lowest BCUT2D eigenvalue weighted by molar-refractivity contribution is -0.113. The Hall–Kier alpha value is -3.78. The molecule has 0 fully saturated rings. The molecule has 0 spiro atoms. The summed E-state index contributed by atoms with van der Waals surface area (Å²) in [5.41, 5.74) is 3.36. The highest BCUT2D eigenvalue weighted by Crippen LogP contribution is 2.40. The standard InChI is InChI=1S/C23H20N6OS/c1-14-11-13-31-20(14)19-18(22(30)26-17-10-6-7-12-24-17)15(2)25-23-27-21(28-29(19)23)16-8-4-3-5-9-16/h3-13,19H,1-2H3,(H,24,26,30)(H,25,27,28). The third-order valence-corrected chi connectivity index (χ3v) is 6.26. The van der Waals surface area contributed by atoms with Crippen LogP contribution < -0.4 is 10.6 Å². The van der Waals surface area contributed by atoms with Crippen LogP contribution in [0.4, 0.5) is 11.8 Å². The molecule has 0 saturated heterocycles. The number of hydrogen-bond acceptors (Lipinski definition) is 6. The molecule has 1 aliphatic heterocycles. The van der Waals surface area contributed by atoms with E-state index in [1.165, 1.54) is 0 Å². The minimum absolute atomic E-state index is 0.219. The van der Waals surface area contributed by atoms with E-state index in [2.05, 4.69) is 21.7 Å². The number of anilines is 2. The van der Waals surface area contributed by atoms with Gasteiger partial charge in [-0.3, -0.25) is 4.79 Å². The van der Waals surface area contributed by atoms with Crippen LogP contribution in [0.25, 0.3) is 11.4 Å². The molecule has 1 aliphatic rings. The van der Waals surface area contributed by atoms with Crippen molar-refractivity contribution < 1.29 is 4.79 Å². The molecule has 1 aromatic carbocycles. The summed E-state index contributed by atoms with van der Waals surface area (Å²) in [4.78, 5) is 23.4. The fraction of sp³-hybridized carbons (Fsp3) is 0.130. The van der Waals surface area contributed by atoms with Gasteiger partial charge in [-0.25, -0.2) is 9.67 Å². The first-order valence-electron chi connectivity index (χ1n) is 9.88. The van der Waals surface area contributed by atoms with E-state index >= 15 is 0 Å². The number of fused-ring (bicyclic) bond motifs is 1. The summed E-state index contributed by atoms with van der Waals surface area (Å²) in [5, 5.41) is 13.0. The lowest BCUT2D eigenvalue weighted by Crippen LogP contribution is -2.31. The number of aryl methyl sites for hydroxylation is 1. The molecule has 4 heterocycles. The smallest absolute Gasteiger partial charge is 0.257 e. The van der Waals surface area contributed by atoms with Gasteiger partial charge in [0.2, 0.25) is 5.95 Å². The van der Waals surface area contributed by atoms with Crippen LogP contribution in [0.3, 0.4) is 0 Å². The highest BCUT2D eigenvalue weighted by Gasteiger charge is 2.36. The minimum Gasteiger partial charge on any atom is -0.328 e. The maximum atomic E-state index is 13.4. The molecule has 0 bridgehead atoms. The van der Waals surface area contributed by atoms with Crippen LogP contribution in [0.15, 0.2) is 77.4 Å². The van der Waals surface area contributed by atoms with Gasteiger partial charge in [0, 0.05) is 22.3 Å². The Labute approximate surface area is 183 Å². The second kappa shape index (κ2) is 7.81. The third-order valence-electron chi connectivity index (χ3n) is 5.19. The third kappa shape index (κ3) is 3.51. The van der Waals surface area contributed by atoms with Gasteiger partial charge in [-0.1, -0.05) is 36.4 Å². The van der Waals surface area contributed by atoms with E-state index in [0.717, 1.165) is 21.7 Å². The molecule has 31 heavy (non-hydrogen) atoms. The van der Waals surface area contributed by atoms with Gasteiger partial charge < -0.3 is 10.6 Å². The SMILES string of the molecule is CC1=C(C(=O)Nc2ccccn2)C(c2sccc2C)n2nc(-c3ccccc3)nc2N1. The molecule has 1 unspecified atom stereocenters. The van der Waals surface area contributed by atoms with E-state index in [4.69, 9.17) is 10.1 Å². The highest BCUT2D eigenvalue weighted by atomic mass is 32.1. The number of amides is 1. The second-order valence-corrected chi connectivity index (χ2v) is 8.22. The molecule has 8 heteroatoms. The number of nitrogens with zero attached hydrogens (tertiary/aromatic N) is 4. The van der Waals surface area contributed by atoms with Crippen molar-refractivity contribution in [2.45, 2.75) is 19.9 Å². The van der Waals surface area contributed by atoms with Crippen LogP contribution >= 0.6 is 11.3 Å². The van der Waals surface area contributed by atoms with E-state index in [9.17, 15) is 4.79 Å². The average molecular weight is 429 g/mol. The lowest BCUT2D eigenvalue weighted by atomic mass is 9.99. The van der Waals surface area contributed by atoms with Crippen LogP contribution in [0.5, 0.6) is 0 Å². The first-order valence-corrected chi connectivity index (χ1v) is 10.8. The molecule has 2 N–H and O–H groups in total. The van der Waals surface area contributed by atoms with Crippen LogP contribution in [0.2, 0.25) is 0 Å². The van der Waals surface area contributed by atoms with Crippen molar-refractivity contribution in [1.82, 2.24) is 19.7 Å². The van der Waals surface area contributed by atoms with Crippen molar-refractivity contribution in [3.05, 3.63) is 87.9 Å². The van der Waals surface area contributed by atoms with Crippen molar-refractivity contribution in [3.63, 3.8) is 0 Å². The topological polar surface area (TPSA) is 84.7 Å². The van der Waals surface area contributed by atoms with Crippen LogP contribution in [-0.2, 0) is 4.79 Å². The zero-order valence-corrected chi connectivity index (χ0v) is 17.9. The molecule has 0 radical (unpaired) electrons. The van der Waals surface area contributed by atoms with Gasteiger partial charge >= 0.3 is 0 Å². The summed E-state index contributed by atoms with van der Waals surface area (Å²) >= 11 is 1.61. The molecule has 0 saturated carbocycles. The zero-order valence-electron chi connectivity index (χ0n) is 17.0. The molecule has 1 atom stereocenters. The fourth-order valence-corrected chi connectivity index (χ4v) is 4.70. The first kappa shape index (κ1) is 19.2. The number of nitrogens with one attached hydrogen (secondary N) is 2. The van der Waals surface area contributed by atoms with Gasteiger partial charge in [0.15, 0.2) is 5.82 Å². The van der Waals surface area contributed by atoms with Crippen molar-refractivity contribution in [3.8, 4) is 11.4 Å². The van der Waals surface area contributed by atoms with E-state index < -0.39 is 0 Å². The van der Waals surface area contributed by atoms with Crippen LogP contribution in [0.1, 0.15) is 23.4 Å². The Morgan fingerprint density at radius 1 is 1.10 bits per heavy atom. The van der Waals surface area contributed by atoms with Gasteiger partial charge in [-0.15, -0.1) is 16.4 Å². The summed E-state index contributed by atoms with van der Waals surface area (Å²) in [7, 11) is 0. The molecule has 3 aromatic heterocycles. The Morgan fingerprint density at radius 3 is 2.61 bits per heavy atom. The maximum absolute atomic E-state index is 13.4. The summed E-state index contributed by atoms with van der Waals surface area (Å²) in [5.74, 6) is 1.51. The molecule has 5 rings (SSSR count). The summed E-state index contributed by atoms with van der Waals surface area (Å²) in [6, 6.07) is 16.9. The van der Waals surface area contributed by atoms with Crippen molar-refractivity contribution >= 4 is 29.0 Å². The second-order valence-electron chi connectivity index (χ2n) is 7.27. The van der Waals surface area contributed by atoms with E-state index in [-0.39, 0.29) is 11.9 Å². The van der Waals surface area contributed by atoms with Crippen molar-refractivity contribution in [2.24, 2.45) is 0 Å². The lowest BCUT2D eigenvalue weighted by Gasteiger charge is -2.28. The number of thiophene rings is 1. The number of pyridine rings is 1. The molecular formula is C23H20N6OS. The quantitative estimate of drug-likeness (QED) is 0.495. The van der Waals surface area contributed by atoms with Crippen LogP contribution in [0, 0.1) is 6.92 Å². The van der Waals surface area contributed by atoms with Gasteiger partial charge in [0.1, 0.15) is 11.9 Å². The van der Waals surface area contributed by atoms with Crippen LogP contribution in [-0.4, -0.2) is 25.7 Å². The largest absolute Gasteiger partial charge is 0.328 e. The highest BCUT2D eigenvalue weighted by molar-refractivity contribution is 7.10. The molecule has 154 valence electrons. The molecule has 1 amide bonds. The van der Waals surface area contributed by atoms with Crippen molar-refractivity contribution in [1.29, 1.82) is 0 Å². The van der Waals surface area contributed by atoms with E-state index in [1.54, 1.807) is 23.6 Å². The summed E-state index contributed by atoms with van der Waals surface area (Å²) in [6.45, 7) is 3.94. The minimum atomic E-state index is -0.384. The van der Waals surface area contributed by atoms with E-state index in [0.29, 0.717) is 23.2 Å². The first-order chi connectivity index (χ1) is 15.1. The molecular weight excluding hydrogens is 408 g/mol. The number of rotatable bonds is 4. The van der Waals surface area contributed by atoms with Gasteiger partial charge in [-0.2, -0.15) is 4.98 Å². The number of aromatic nitrogens is 4. The Balaban J connectivity index is 1.61. The van der Waals surface area contributed by atoms with Gasteiger partial charge in [-0.05, 0) is 43.0 Å². The number of benzene rings is 1. The normalized spacial score (nSPS) is 15.4. The Kier molecular flexibility index (Phi) is 4.83. The predicted octanol–water partition coefficient (Wildman–Crippen LogP) is 4.64. The summed E-state index contributed by atoms with van der Waals surface area (Å²) in [6.07, 6.45) is 1.65. The fourth-order valence-electron chi connectivity index (χ4n) is 3.68. The van der Waals surface area contributed by atoms with Gasteiger partial charge in [0.05, 0.1) is 5.57 Å². The number of carbonyl (C=O) groups is 1. The zero-order chi connectivity index (χ0) is 21.4. The number of hydrogen-bond donors (Lipinski definition) is 2. The number of allylic oxidation sites excluding steroid dienone is 1. The monoisotopic (exact) mass is 428 g/mol. The Bertz CT molecular complexity index is 1280. The van der Waals surface area contributed by atoms with E-state index in [1.807, 2.05) is 66.4 Å². The molecule has 0 aliphatic carbocycles. The number of carbonyl (C=O) groups excluding carboxylic acids is 1. The Morgan fingerprint density at radius 2 is 1.90 bits per heavy atom. The summed E-state index contributed by atoms with van der Waals surface area (Å²) < 4.78 is 1.81. The van der Waals surface area contributed by atoms with Gasteiger partial charge in [0.25, 0.3) is 5.91 Å². The maximum Gasteiger partial charge on any atom is 0.257 e. The van der Waals surface area contributed by atoms with Crippen molar-refractivity contribution in [2.75, 3.05) is 10.6 Å².